The van der Waals surface area contributed by atoms with Gasteiger partial charge in [0, 0.05) is 18.3 Å². The number of ether oxygens (including phenoxy) is 1. The molecule has 5 rings (SSSR count). The molecule has 2 N–H and O–H groups in total. The normalized spacial score (nSPS) is 16.1. The molecule has 2 aromatic carbocycles. The number of hydrogen-bond acceptors (Lipinski definition) is 6. The summed E-state index contributed by atoms with van der Waals surface area (Å²) >= 11 is 12.4. The minimum atomic E-state index is -0.923. The molecule has 0 unspecified atom stereocenters. The van der Waals surface area contributed by atoms with Crippen LogP contribution in [0.3, 0.4) is 0 Å². The van der Waals surface area contributed by atoms with Gasteiger partial charge in [0.1, 0.15) is 17.4 Å². The van der Waals surface area contributed by atoms with Crippen molar-refractivity contribution in [2.45, 2.75) is 44.7 Å². The van der Waals surface area contributed by atoms with Crippen LogP contribution in [0, 0.1) is 0 Å². The third-order valence-electron chi connectivity index (χ3n) is 6.76. The predicted molar refractivity (Wildman–Crippen MR) is 152 cm³/mol. The molecule has 0 saturated carbocycles. The molecule has 8 nitrogen and oxygen atoms in total. The lowest BCUT2D eigenvalue weighted by molar-refractivity contribution is -0.145. The second kappa shape index (κ2) is 12.2. The average Bonchev–Trinajstić information content (AvgIpc) is 3.33. The quantitative estimate of drug-likeness (QED) is 0.276. The van der Waals surface area contributed by atoms with E-state index in [1.807, 2.05) is 36.4 Å². The number of nitrogens with one attached hydrogen (secondary N) is 2. The smallest absolute Gasteiger partial charge is 0.328 e. The Hall–Kier alpha value is -3.46. The van der Waals surface area contributed by atoms with Crippen molar-refractivity contribution >= 4 is 46.2 Å². The van der Waals surface area contributed by atoms with Gasteiger partial charge in [0.2, 0.25) is 0 Å². The SMILES string of the molecule is CCOC(=O)[C@H](Cc1ccc(-n2c([C@H]3CCCCN3)nc3cccnc32)cc1)NC(=O)c1c(Cl)cccc1Cl. The molecule has 0 bridgehead atoms. The van der Waals surface area contributed by atoms with Gasteiger partial charge >= 0.3 is 5.97 Å². The first-order chi connectivity index (χ1) is 19.0. The van der Waals surface area contributed by atoms with Crippen molar-refractivity contribution in [3.05, 3.63) is 87.8 Å². The van der Waals surface area contributed by atoms with Crippen LogP contribution in [0.5, 0.6) is 0 Å². The Bertz CT molecular complexity index is 1460. The number of pyridine rings is 1. The van der Waals surface area contributed by atoms with Crippen molar-refractivity contribution in [3.63, 3.8) is 0 Å². The summed E-state index contributed by atoms with van der Waals surface area (Å²) in [7, 11) is 0. The molecular weight excluding hydrogens is 537 g/mol. The molecule has 10 heteroatoms. The highest BCUT2D eigenvalue weighted by Crippen LogP contribution is 2.29. The Morgan fingerprint density at radius 2 is 1.87 bits per heavy atom. The maximum Gasteiger partial charge on any atom is 0.328 e. The lowest BCUT2D eigenvalue weighted by Gasteiger charge is -2.24. The molecule has 2 aromatic heterocycles. The van der Waals surface area contributed by atoms with Gasteiger partial charge in [-0.15, -0.1) is 0 Å². The number of benzene rings is 2. The van der Waals surface area contributed by atoms with Crippen LogP contribution in [0.1, 0.15) is 54.0 Å². The van der Waals surface area contributed by atoms with Crippen LogP contribution < -0.4 is 10.6 Å². The van der Waals surface area contributed by atoms with Gasteiger partial charge in [0.25, 0.3) is 5.91 Å². The molecule has 0 spiro atoms. The highest BCUT2D eigenvalue weighted by molar-refractivity contribution is 6.39. The van der Waals surface area contributed by atoms with Crippen LogP contribution in [0.2, 0.25) is 10.0 Å². The Labute approximate surface area is 236 Å². The van der Waals surface area contributed by atoms with Gasteiger partial charge in [-0.3, -0.25) is 9.36 Å². The lowest BCUT2D eigenvalue weighted by atomic mass is 10.0. The number of fused-ring (bicyclic) bond motifs is 1. The zero-order chi connectivity index (χ0) is 27.4. The molecule has 0 aliphatic carbocycles. The number of amides is 1. The third-order valence-corrected chi connectivity index (χ3v) is 7.39. The number of aromatic nitrogens is 3. The van der Waals surface area contributed by atoms with Crippen LogP contribution in [0.25, 0.3) is 16.9 Å². The molecule has 1 aliphatic heterocycles. The molecule has 2 atom stereocenters. The van der Waals surface area contributed by atoms with Crippen molar-refractivity contribution < 1.29 is 14.3 Å². The van der Waals surface area contributed by atoms with Crippen molar-refractivity contribution in [2.24, 2.45) is 0 Å². The summed E-state index contributed by atoms with van der Waals surface area (Å²) in [5.41, 5.74) is 3.51. The van der Waals surface area contributed by atoms with Crippen LogP contribution in [-0.2, 0) is 16.0 Å². The topological polar surface area (TPSA) is 98.1 Å². The zero-order valence-corrected chi connectivity index (χ0v) is 23.0. The van der Waals surface area contributed by atoms with Crippen LogP contribution >= 0.6 is 23.2 Å². The summed E-state index contributed by atoms with van der Waals surface area (Å²) in [4.78, 5) is 35.3. The van der Waals surface area contributed by atoms with E-state index >= 15 is 0 Å². The van der Waals surface area contributed by atoms with Gasteiger partial charge in [-0.25, -0.2) is 14.8 Å². The molecule has 202 valence electrons. The molecule has 1 fully saturated rings. The van der Waals surface area contributed by atoms with Crippen LogP contribution in [-0.4, -0.2) is 45.6 Å². The van der Waals surface area contributed by atoms with Gasteiger partial charge in [-0.2, -0.15) is 0 Å². The Morgan fingerprint density at radius 3 is 2.56 bits per heavy atom. The number of carbonyl (C=O) groups excluding carboxylic acids is 2. The first-order valence-corrected chi connectivity index (χ1v) is 13.8. The average molecular weight is 566 g/mol. The van der Waals surface area contributed by atoms with E-state index in [4.69, 9.17) is 32.9 Å². The Kier molecular flexibility index (Phi) is 8.45. The number of imidazole rings is 1. The molecule has 1 aliphatic rings. The molecular formula is C29H29Cl2N5O3. The monoisotopic (exact) mass is 565 g/mol. The van der Waals surface area contributed by atoms with Gasteiger partial charge in [0.15, 0.2) is 5.65 Å². The van der Waals surface area contributed by atoms with E-state index in [1.54, 1.807) is 31.3 Å². The molecule has 4 aromatic rings. The van der Waals surface area contributed by atoms with Gasteiger partial charge in [-0.1, -0.05) is 47.8 Å². The highest BCUT2D eigenvalue weighted by Gasteiger charge is 2.26. The number of rotatable bonds is 8. The number of hydrogen-bond donors (Lipinski definition) is 2. The van der Waals surface area contributed by atoms with Gasteiger partial charge in [-0.05, 0) is 68.3 Å². The summed E-state index contributed by atoms with van der Waals surface area (Å²) in [6.45, 7) is 2.87. The second-order valence-corrected chi connectivity index (χ2v) is 10.2. The lowest BCUT2D eigenvalue weighted by Crippen LogP contribution is -2.43. The first-order valence-electron chi connectivity index (χ1n) is 13.0. The standard InChI is InChI=1S/C29H29Cl2N5O3/c1-2-39-29(38)24(35-28(37)25-20(30)7-5-8-21(25)31)17-18-11-13-19(14-12-18)36-26-23(10-6-16-33-26)34-27(36)22-9-3-4-15-32-22/h5-8,10-14,16,22,24,32H,2-4,9,15,17H2,1H3,(H,35,37)/t22-,24+/m1/s1. The third kappa shape index (κ3) is 5.93. The predicted octanol–water partition coefficient (Wildman–Crippen LogP) is 5.45. The van der Waals surface area contributed by atoms with E-state index in [0.717, 1.165) is 54.0 Å². The summed E-state index contributed by atoms with van der Waals surface area (Å²) in [5.74, 6) is -0.140. The number of halogens is 2. The highest BCUT2D eigenvalue weighted by atomic mass is 35.5. The fraction of sp³-hybridized carbons (Fsp3) is 0.310. The fourth-order valence-corrected chi connectivity index (χ4v) is 5.46. The molecule has 1 saturated heterocycles. The van der Waals surface area contributed by atoms with Crippen molar-refractivity contribution in [1.29, 1.82) is 0 Å². The van der Waals surface area contributed by atoms with E-state index in [9.17, 15) is 9.59 Å². The molecule has 39 heavy (non-hydrogen) atoms. The largest absolute Gasteiger partial charge is 0.464 e. The Morgan fingerprint density at radius 1 is 1.10 bits per heavy atom. The van der Waals surface area contributed by atoms with Crippen molar-refractivity contribution in [3.8, 4) is 5.69 Å². The van der Waals surface area contributed by atoms with Crippen molar-refractivity contribution in [1.82, 2.24) is 25.2 Å². The van der Waals surface area contributed by atoms with Crippen LogP contribution in [0.4, 0.5) is 0 Å². The summed E-state index contributed by atoms with van der Waals surface area (Å²) < 4.78 is 7.33. The minimum absolute atomic E-state index is 0.119. The van der Waals surface area contributed by atoms with Gasteiger partial charge < -0.3 is 15.4 Å². The van der Waals surface area contributed by atoms with E-state index in [1.165, 1.54) is 0 Å². The fourth-order valence-electron chi connectivity index (χ4n) is 4.89. The summed E-state index contributed by atoms with van der Waals surface area (Å²) in [6.07, 6.45) is 5.31. The Balaban J connectivity index is 1.41. The molecule has 0 radical (unpaired) electrons. The number of piperidine rings is 1. The summed E-state index contributed by atoms with van der Waals surface area (Å²) in [6, 6.07) is 15.7. The first kappa shape index (κ1) is 27.1. The van der Waals surface area contributed by atoms with E-state index in [2.05, 4.69) is 20.2 Å². The molecule has 3 heterocycles. The number of carbonyl (C=O) groups is 2. The summed E-state index contributed by atoms with van der Waals surface area (Å²) in [5, 5.41) is 6.75. The minimum Gasteiger partial charge on any atom is -0.464 e. The molecule has 1 amide bonds. The van der Waals surface area contributed by atoms with Crippen LogP contribution in [0.15, 0.2) is 60.8 Å². The van der Waals surface area contributed by atoms with Gasteiger partial charge in [0.05, 0.1) is 28.3 Å². The van der Waals surface area contributed by atoms with E-state index in [0.29, 0.717) is 0 Å². The maximum absolute atomic E-state index is 13.0. The number of esters is 1. The van der Waals surface area contributed by atoms with E-state index < -0.39 is 17.9 Å². The second-order valence-electron chi connectivity index (χ2n) is 9.40. The van der Waals surface area contributed by atoms with Crippen molar-refractivity contribution in [2.75, 3.05) is 13.2 Å². The van der Waals surface area contributed by atoms with E-state index in [-0.39, 0.29) is 34.7 Å². The maximum atomic E-state index is 13.0. The number of nitrogens with zero attached hydrogens (tertiary/aromatic N) is 3. The zero-order valence-electron chi connectivity index (χ0n) is 21.5.